The van der Waals surface area contributed by atoms with E-state index in [0.717, 1.165) is 25.0 Å². The molecule has 1 fully saturated rings. The molecule has 0 spiro atoms. The highest BCUT2D eigenvalue weighted by atomic mass is 32.2. The van der Waals surface area contributed by atoms with Crippen LogP contribution in [0.4, 0.5) is 0 Å². The summed E-state index contributed by atoms with van der Waals surface area (Å²) in [6.45, 7) is 1.73. The van der Waals surface area contributed by atoms with Crippen LogP contribution in [0, 0.1) is 0 Å². The lowest BCUT2D eigenvalue weighted by atomic mass is 9.94. The number of amides is 1. The summed E-state index contributed by atoms with van der Waals surface area (Å²) in [6, 6.07) is 6.85. The first-order valence-electron chi connectivity index (χ1n) is 7.97. The molecule has 2 atom stereocenters. The van der Waals surface area contributed by atoms with Crippen molar-refractivity contribution in [3.8, 4) is 5.75 Å². The van der Waals surface area contributed by atoms with Crippen molar-refractivity contribution in [2.75, 3.05) is 12.4 Å². The molecule has 1 aliphatic rings. The number of carboxylic acid groups (broad SMARTS) is 1. The van der Waals surface area contributed by atoms with Crippen molar-refractivity contribution < 1.29 is 19.4 Å². The Labute approximate surface area is 140 Å². The summed E-state index contributed by atoms with van der Waals surface area (Å²) in [4.78, 5) is 23.0. The molecule has 0 bridgehead atoms. The lowest BCUT2D eigenvalue weighted by molar-refractivity contribution is -0.139. The number of carbonyl (C=O) groups is 2. The van der Waals surface area contributed by atoms with E-state index in [-0.39, 0.29) is 11.9 Å². The largest absolute Gasteiger partial charge is 0.482 e. The summed E-state index contributed by atoms with van der Waals surface area (Å²) in [7, 11) is 0. The molecule has 1 amide bonds. The second-order valence-electron chi connectivity index (χ2n) is 5.57. The van der Waals surface area contributed by atoms with E-state index in [2.05, 4.69) is 12.2 Å². The molecular formula is C17H23NO4S. The first kappa shape index (κ1) is 17.7. The van der Waals surface area contributed by atoms with Crippen molar-refractivity contribution in [2.24, 2.45) is 0 Å². The van der Waals surface area contributed by atoms with Gasteiger partial charge in [0.1, 0.15) is 5.75 Å². The summed E-state index contributed by atoms with van der Waals surface area (Å²) in [5.74, 6) is 0.277. The van der Waals surface area contributed by atoms with Gasteiger partial charge >= 0.3 is 5.97 Å². The summed E-state index contributed by atoms with van der Waals surface area (Å²) in [6.07, 6.45) is 4.53. The second kappa shape index (κ2) is 8.82. The van der Waals surface area contributed by atoms with Crippen molar-refractivity contribution in [1.82, 2.24) is 5.32 Å². The Morgan fingerprint density at radius 1 is 1.35 bits per heavy atom. The normalized spacial score (nSPS) is 20.7. The zero-order chi connectivity index (χ0) is 16.7. The van der Waals surface area contributed by atoms with E-state index in [1.165, 1.54) is 6.42 Å². The zero-order valence-corrected chi connectivity index (χ0v) is 14.1. The molecule has 0 radical (unpaired) electrons. The van der Waals surface area contributed by atoms with Crippen LogP contribution in [-0.4, -0.2) is 40.6 Å². The molecule has 1 aromatic rings. The molecule has 0 saturated heterocycles. The third-order valence-electron chi connectivity index (χ3n) is 3.86. The van der Waals surface area contributed by atoms with Gasteiger partial charge in [0.25, 0.3) is 5.91 Å². The highest BCUT2D eigenvalue weighted by molar-refractivity contribution is 7.99. The van der Waals surface area contributed by atoms with Crippen molar-refractivity contribution in [3.05, 3.63) is 29.8 Å². The van der Waals surface area contributed by atoms with Gasteiger partial charge in [-0.05, 0) is 36.8 Å². The van der Waals surface area contributed by atoms with Gasteiger partial charge in [-0.2, -0.15) is 11.8 Å². The third kappa shape index (κ3) is 5.46. The lowest BCUT2D eigenvalue weighted by Crippen LogP contribution is -2.43. The molecule has 2 unspecified atom stereocenters. The molecule has 0 aliphatic heterocycles. The smallest absolute Gasteiger partial charge is 0.341 e. The van der Waals surface area contributed by atoms with E-state index in [0.29, 0.717) is 16.6 Å². The van der Waals surface area contributed by atoms with E-state index in [9.17, 15) is 9.59 Å². The number of benzene rings is 1. The quantitative estimate of drug-likeness (QED) is 0.800. The van der Waals surface area contributed by atoms with Gasteiger partial charge in [0.05, 0.1) is 0 Å². The number of hydrogen-bond acceptors (Lipinski definition) is 4. The third-order valence-corrected chi connectivity index (χ3v) is 5.18. The van der Waals surface area contributed by atoms with Crippen molar-refractivity contribution in [3.63, 3.8) is 0 Å². The maximum absolute atomic E-state index is 12.5. The molecule has 1 aromatic carbocycles. The Hall–Kier alpha value is -1.69. The van der Waals surface area contributed by atoms with Crippen LogP contribution in [-0.2, 0) is 4.79 Å². The number of nitrogens with one attached hydrogen (secondary N) is 1. The van der Waals surface area contributed by atoms with Crippen molar-refractivity contribution in [1.29, 1.82) is 0 Å². The van der Waals surface area contributed by atoms with Crippen LogP contribution < -0.4 is 10.1 Å². The van der Waals surface area contributed by atoms with Gasteiger partial charge in [0.2, 0.25) is 0 Å². The molecule has 2 rings (SSSR count). The highest BCUT2D eigenvalue weighted by Crippen LogP contribution is 2.29. The molecular weight excluding hydrogens is 314 g/mol. The summed E-state index contributed by atoms with van der Waals surface area (Å²) in [5, 5.41) is 12.2. The molecule has 6 heteroatoms. The second-order valence-corrected chi connectivity index (χ2v) is 7.08. The van der Waals surface area contributed by atoms with E-state index in [1.807, 2.05) is 11.8 Å². The van der Waals surface area contributed by atoms with Crippen molar-refractivity contribution >= 4 is 23.6 Å². The van der Waals surface area contributed by atoms with Crippen LogP contribution in [0.15, 0.2) is 24.3 Å². The highest BCUT2D eigenvalue weighted by Gasteiger charge is 2.26. The Kier molecular flexibility index (Phi) is 6.77. The fourth-order valence-corrected chi connectivity index (χ4v) is 4.00. The van der Waals surface area contributed by atoms with E-state index >= 15 is 0 Å². The van der Waals surface area contributed by atoms with Gasteiger partial charge in [-0.3, -0.25) is 4.79 Å². The fourth-order valence-electron chi connectivity index (χ4n) is 2.80. The summed E-state index contributed by atoms with van der Waals surface area (Å²) < 4.78 is 5.12. The zero-order valence-electron chi connectivity index (χ0n) is 13.3. The first-order valence-corrected chi connectivity index (χ1v) is 9.02. The van der Waals surface area contributed by atoms with Crippen LogP contribution in [0.25, 0.3) is 0 Å². The average molecular weight is 337 g/mol. The molecule has 1 aliphatic carbocycles. The van der Waals surface area contributed by atoms with Gasteiger partial charge < -0.3 is 15.2 Å². The SMILES string of the molecule is CCSC1CCCCC1NC(=O)c1cccc(OCC(=O)O)c1. The number of carboxylic acids is 1. The summed E-state index contributed by atoms with van der Waals surface area (Å²) in [5.41, 5.74) is 0.499. The summed E-state index contributed by atoms with van der Waals surface area (Å²) >= 11 is 1.91. The molecule has 0 aromatic heterocycles. The number of rotatable bonds is 7. The lowest BCUT2D eigenvalue weighted by Gasteiger charge is -2.31. The molecule has 5 nitrogen and oxygen atoms in total. The maximum Gasteiger partial charge on any atom is 0.341 e. The maximum atomic E-state index is 12.5. The predicted molar refractivity (Wildman–Crippen MR) is 91.2 cm³/mol. The minimum atomic E-state index is -1.04. The van der Waals surface area contributed by atoms with Gasteiger partial charge in [0, 0.05) is 16.9 Å². The van der Waals surface area contributed by atoms with Crippen LogP contribution in [0.1, 0.15) is 43.0 Å². The predicted octanol–water partition coefficient (Wildman–Crippen LogP) is 2.94. The van der Waals surface area contributed by atoms with E-state index in [1.54, 1.807) is 24.3 Å². The first-order chi connectivity index (χ1) is 11.1. The van der Waals surface area contributed by atoms with Crippen LogP contribution in [0.5, 0.6) is 5.75 Å². The Morgan fingerprint density at radius 3 is 2.87 bits per heavy atom. The standard InChI is InChI=1S/C17H23NO4S/c1-2-23-15-9-4-3-8-14(15)18-17(21)12-6-5-7-13(10-12)22-11-16(19)20/h5-7,10,14-15H,2-4,8-9,11H2,1H3,(H,18,21)(H,19,20). The Morgan fingerprint density at radius 2 is 2.13 bits per heavy atom. The topological polar surface area (TPSA) is 75.6 Å². The van der Waals surface area contributed by atoms with E-state index < -0.39 is 12.6 Å². The monoisotopic (exact) mass is 337 g/mol. The van der Waals surface area contributed by atoms with E-state index in [4.69, 9.17) is 9.84 Å². The van der Waals surface area contributed by atoms with Gasteiger partial charge in [-0.15, -0.1) is 0 Å². The number of aliphatic carboxylic acids is 1. The molecule has 126 valence electrons. The van der Waals surface area contributed by atoms with Gasteiger partial charge in [0.15, 0.2) is 6.61 Å². The van der Waals surface area contributed by atoms with Gasteiger partial charge in [-0.25, -0.2) is 4.79 Å². The molecule has 2 N–H and O–H groups in total. The number of thioether (sulfide) groups is 1. The number of ether oxygens (including phenoxy) is 1. The Bertz CT molecular complexity index is 547. The average Bonchev–Trinajstić information content (AvgIpc) is 2.55. The Balaban J connectivity index is 1.99. The minimum Gasteiger partial charge on any atom is -0.482 e. The minimum absolute atomic E-state index is 0.126. The number of hydrogen-bond donors (Lipinski definition) is 2. The molecule has 23 heavy (non-hydrogen) atoms. The van der Waals surface area contributed by atoms with Gasteiger partial charge in [-0.1, -0.05) is 25.8 Å². The van der Waals surface area contributed by atoms with Crippen LogP contribution in [0.3, 0.4) is 0 Å². The fraction of sp³-hybridized carbons (Fsp3) is 0.529. The molecule has 1 saturated carbocycles. The van der Waals surface area contributed by atoms with Crippen molar-refractivity contribution in [2.45, 2.75) is 43.9 Å². The number of carbonyl (C=O) groups excluding carboxylic acids is 1. The van der Waals surface area contributed by atoms with Crippen LogP contribution >= 0.6 is 11.8 Å². The van der Waals surface area contributed by atoms with Crippen LogP contribution in [0.2, 0.25) is 0 Å². The molecule has 0 heterocycles.